The third kappa shape index (κ3) is 3.08. The van der Waals surface area contributed by atoms with Gasteiger partial charge < -0.3 is 16.0 Å². The summed E-state index contributed by atoms with van der Waals surface area (Å²) in [5.41, 5.74) is 6.58. The van der Waals surface area contributed by atoms with Gasteiger partial charge >= 0.3 is 0 Å². The number of fused-ring (bicyclic) bond motifs is 1. The lowest BCUT2D eigenvalue weighted by Crippen LogP contribution is -2.34. The minimum atomic E-state index is -0.101. The summed E-state index contributed by atoms with van der Waals surface area (Å²) in [6.45, 7) is 7.69. The highest BCUT2D eigenvalue weighted by Crippen LogP contribution is 2.32. The number of carbonyl (C=O) groups excluding carboxylic acids is 1. The second-order valence-electron chi connectivity index (χ2n) is 4.50. The van der Waals surface area contributed by atoms with E-state index in [0.29, 0.717) is 17.1 Å². The molecule has 108 valence electrons. The molecule has 0 saturated heterocycles. The maximum absolute atomic E-state index is 12.2. The van der Waals surface area contributed by atoms with Gasteiger partial charge in [0.1, 0.15) is 4.88 Å². The van der Waals surface area contributed by atoms with Crippen LogP contribution in [-0.4, -0.2) is 42.0 Å². The maximum Gasteiger partial charge on any atom is 0.263 e. The molecule has 2 heterocycles. The lowest BCUT2D eigenvalue weighted by atomic mass is 10.2. The summed E-state index contributed by atoms with van der Waals surface area (Å²) in [6, 6.07) is 1.84. The predicted octanol–water partition coefficient (Wildman–Crippen LogP) is 1.95. The molecule has 6 heteroatoms. The van der Waals surface area contributed by atoms with Crippen molar-refractivity contribution in [2.75, 3.05) is 31.9 Å². The van der Waals surface area contributed by atoms with Gasteiger partial charge in [0.25, 0.3) is 5.91 Å². The topological polar surface area (TPSA) is 71.2 Å². The molecular weight excluding hydrogens is 272 g/mol. The van der Waals surface area contributed by atoms with Crippen LogP contribution in [0.25, 0.3) is 10.1 Å². The van der Waals surface area contributed by atoms with Crippen LogP contribution in [0.3, 0.4) is 0 Å². The van der Waals surface area contributed by atoms with Crippen molar-refractivity contribution in [2.45, 2.75) is 13.8 Å². The van der Waals surface area contributed by atoms with Crippen LogP contribution < -0.4 is 11.1 Å². The van der Waals surface area contributed by atoms with Crippen LogP contribution in [0.2, 0.25) is 0 Å². The van der Waals surface area contributed by atoms with Crippen LogP contribution in [0.15, 0.2) is 18.5 Å². The summed E-state index contributed by atoms with van der Waals surface area (Å²) in [5, 5.41) is 3.83. The third-order valence-electron chi connectivity index (χ3n) is 3.35. The predicted molar refractivity (Wildman–Crippen MR) is 84.2 cm³/mol. The number of thiophene rings is 1. The van der Waals surface area contributed by atoms with Crippen LogP contribution in [0.4, 0.5) is 5.69 Å². The van der Waals surface area contributed by atoms with Gasteiger partial charge in [-0.25, -0.2) is 0 Å². The minimum Gasteiger partial charge on any atom is -0.397 e. The molecule has 0 saturated carbocycles. The highest BCUT2D eigenvalue weighted by atomic mass is 32.1. The van der Waals surface area contributed by atoms with E-state index in [9.17, 15) is 4.79 Å². The number of aromatic nitrogens is 1. The van der Waals surface area contributed by atoms with Crippen molar-refractivity contribution in [1.29, 1.82) is 0 Å². The number of nitrogens with two attached hydrogens (primary N) is 1. The third-order valence-corrected chi connectivity index (χ3v) is 4.50. The molecule has 0 aliphatic heterocycles. The Morgan fingerprint density at radius 2 is 2.20 bits per heavy atom. The lowest BCUT2D eigenvalue weighted by molar-refractivity contribution is 0.0954. The summed E-state index contributed by atoms with van der Waals surface area (Å²) in [7, 11) is 0. The van der Waals surface area contributed by atoms with Gasteiger partial charge in [-0.2, -0.15) is 0 Å². The van der Waals surface area contributed by atoms with E-state index in [4.69, 9.17) is 5.73 Å². The normalized spacial score (nSPS) is 11.2. The zero-order chi connectivity index (χ0) is 14.5. The fraction of sp³-hybridized carbons (Fsp3) is 0.429. The Labute approximate surface area is 122 Å². The molecule has 5 nitrogen and oxygen atoms in total. The molecule has 2 rings (SSSR count). The molecule has 0 spiro atoms. The average Bonchev–Trinajstić information content (AvgIpc) is 2.81. The largest absolute Gasteiger partial charge is 0.397 e. The van der Waals surface area contributed by atoms with E-state index in [1.165, 1.54) is 11.3 Å². The number of hydrogen-bond acceptors (Lipinski definition) is 5. The molecule has 1 amide bonds. The van der Waals surface area contributed by atoms with Crippen LogP contribution in [0, 0.1) is 0 Å². The number of anilines is 1. The summed E-state index contributed by atoms with van der Waals surface area (Å²) >= 11 is 1.39. The first kappa shape index (κ1) is 14.7. The second kappa shape index (κ2) is 6.67. The number of carbonyl (C=O) groups is 1. The fourth-order valence-corrected chi connectivity index (χ4v) is 3.09. The van der Waals surface area contributed by atoms with Gasteiger partial charge in [-0.1, -0.05) is 13.8 Å². The van der Waals surface area contributed by atoms with Crippen molar-refractivity contribution in [2.24, 2.45) is 0 Å². The highest BCUT2D eigenvalue weighted by molar-refractivity contribution is 7.21. The Bertz CT molecular complexity index is 592. The quantitative estimate of drug-likeness (QED) is 0.853. The van der Waals surface area contributed by atoms with Gasteiger partial charge in [0.05, 0.1) is 10.4 Å². The summed E-state index contributed by atoms with van der Waals surface area (Å²) in [4.78, 5) is 19.1. The number of nitrogens with zero attached hydrogens (tertiary/aromatic N) is 2. The molecule has 0 atom stereocenters. The first-order chi connectivity index (χ1) is 9.67. The zero-order valence-electron chi connectivity index (χ0n) is 11.8. The van der Waals surface area contributed by atoms with Crippen LogP contribution in [0.1, 0.15) is 23.5 Å². The number of pyridine rings is 1. The number of nitrogens with one attached hydrogen (secondary N) is 1. The van der Waals surface area contributed by atoms with Gasteiger partial charge in [0.15, 0.2) is 0 Å². The molecule has 3 N–H and O–H groups in total. The van der Waals surface area contributed by atoms with Crippen molar-refractivity contribution in [1.82, 2.24) is 15.2 Å². The second-order valence-corrected chi connectivity index (χ2v) is 5.55. The van der Waals surface area contributed by atoms with E-state index in [0.717, 1.165) is 29.7 Å². The molecule has 0 aromatic carbocycles. The zero-order valence-corrected chi connectivity index (χ0v) is 12.7. The molecule has 0 unspecified atom stereocenters. The molecule has 2 aromatic rings. The molecular formula is C14H20N4OS. The number of hydrogen-bond donors (Lipinski definition) is 2. The van der Waals surface area contributed by atoms with Crippen molar-refractivity contribution >= 4 is 33.0 Å². The maximum atomic E-state index is 12.2. The van der Waals surface area contributed by atoms with Gasteiger partial charge in [-0.15, -0.1) is 11.3 Å². The molecule has 0 radical (unpaired) electrons. The van der Waals surface area contributed by atoms with E-state index in [1.54, 1.807) is 12.4 Å². The number of rotatable bonds is 6. The molecule has 2 aromatic heterocycles. The van der Waals surface area contributed by atoms with Crippen molar-refractivity contribution in [3.05, 3.63) is 23.3 Å². The highest BCUT2D eigenvalue weighted by Gasteiger charge is 2.15. The number of likely N-dealkylation sites (N-methyl/N-ethyl adjacent to an activating group) is 1. The monoisotopic (exact) mass is 292 g/mol. The van der Waals surface area contributed by atoms with Crippen LogP contribution >= 0.6 is 11.3 Å². The minimum absolute atomic E-state index is 0.101. The Morgan fingerprint density at radius 1 is 1.45 bits per heavy atom. The van der Waals surface area contributed by atoms with Crippen molar-refractivity contribution in [3.63, 3.8) is 0 Å². The standard InChI is InChI=1S/C14H20N4OS/c1-3-18(4-2)8-7-17-14(19)13-12(15)10-5-6-16-9-11(10)20-13/h5-6,9H,3-4,7-8,15H2,1-2H3,(H,17,19). The first-order valence-corrected chi connectivity index (χ1v) is 7.61. The smallest absolute Gasteiger partial charge is 0.263 e. The summed E-state index contributed by atoms with van der Waals surface area (Å²) in [5.74, 6) is -0.101. The Kier molecular flexibility index (Phi) is 4.92. The van der Waals surface area contributed by atoms with E-state index in [2.05, 4.69) is 29.0 Å². The first-order valence-electron chi connectivity index (χ1n) is 6.79. The molecule has 0 bridgehead atoms. The number of nitrogen functional groups attached to an aromatic ring is 1. The Balaban J connectivity index is 2.03. The van der Waals surface area contributed by atoms with Crippen molar-refractivity contribution in [3.8, 4) is 0 Å². The van der Waals surface area contributed by atoms with Gasteiger partial charge in [-0.05, 0) is 19.2 Å². The SMILES string of the molecule is CCN(CC)CCNC(=O)c1sc2cnccc2c1N. The lowest BCUT2D eigenvalue weighted by Gasteiger charge is -2.17. The van der Waals surface area contributed by atoms with E-state index in [-0.39, 0.29) is 5.91 Å². The Morgan fingerprint density at radius 3 is 2.85 bits per heavy atom. The van der Waals surface area contributed by atoms with Crippen LogP contribution in [-0.2, 0) is 0 Å². The molecule has 0 aliphatic carbocycles. The Hall–Kier alpha value is -1.66. The fourth-order valence-electron chi connectivity index (χ4n) is 2.09. The van der Waals surface area contributed by atoms with Crippen molar-refractivity contribution < 1.29 is 4.79 Å². The van der Waals surface area contributed by atoms with E-state index < -0.39 is 0 Å². The van der Waals surface area contributed by atoms with Gasteiger partial charge in [0, 0.05) is 30.9 Å². The summed E-state index contributed by atoms with van der Waals surface area (Å²) in [6.07, 6.45) is 3.43. The van der Waals surface area contributed by atoms with Gasteiger partial charge in [-0.3, -0.25) is 9.78 Å². The molecule has 0 aliphatic rings. The van der Waals surface area contributed by atoms with E-state index >= 15 is 0 Å². The molecule has 0 fully saturated rings. The average molecular weight is 292 g/mol. The van der Waals surface area contributed by atoms with Crippen LogP contribution in [0.5, 0.6) is 0 Å². The molecule has 20 heavy (non-hydrogen) atoms. The van der Waals surface area contributed by atoms with Gasteiger partial charge in [0.2, 0.25) is 0 Å². The van der Waals surface area contributed by atoms with E-state index in [1.807, 2.05) is 6.07 Å². The summed E-state index contributed by atoms with van der Waals surface area (Å²) < 4.78 is 0.943. The number of amides is 1.